The number of rotatable bonds is 4. The van der Waals surface area contributed by atoms with Gasteiger partial charge in [-0.25, -0.2) is 0 Å². The topological polar surface area (TPSA) is 52.7 Å². The Morgan fingerprint density at radius 3 is 2.16 bits per heavy atom. The van der Waals surface area contributed by atoms with Crippen molar-refractivity contribution in [2.45, 2.75) is 40.2 Å². The van der Waals surface area contributed by atoms with Gasteiger partial charge in [0, 0.05) is 50.7 Å². The number of nitrogens with zero attached hydrogens (tertiary/aromatic N) is 2. The van der Waals surface area contributed by atoms with Gasteiger partial charge in [0.25, 0.3) is 0 Å². The molecule has 1 saturated heterocycles. The molecule has 0 saturated carbocycles. The molecule has 5 nitrogen and oxygen atoms in total. The first-order valence-electron chi connectivity index (χ1n) is 9.02. The van der Waals surface area contributed by atoms with E-state index in [9.17, 15) is 9.59 Å². The zero-order valence-electron chi connectivity index (χ0n) is 16.1. The van der Waals surface area contributed by atoms with Crippen LogP contribution in [0.15, 0.2) is 24.3 Å². The highest BCUT2D eigenvalue weighted by atomic mass is 16.2. The SMILES string of the molecule is CN(C)c1ccc(CNC(=O)C2CCN(C(=O)C(C)(C)C)CC2)cc1. The Labute approximate surface area is 151 Å². The largest absolute Gasteiger partial charge is 0.378 e. The average Bonchev–Trinajstić information content (AvgIpc) is 2.58. The predicted octanol–water partition coefficient (Wildman–Crippen LogP) is 2.65. The zero-order chi connectivity index (χ0) is 18.6. The van der Waals surface area contributed by atoms with Crippen LogP contribution in [0.1, 0.15) is 39.2 Å². The summed E-state index contributed by atoms with van der Waals surface area (Å²) in [5.74, 6) is 0.275. The summed E-state index contributed by atoms with van der Waals surface area (Å²) in [5, 5.41) is 3.04. The van der Waals surface area contributed by atoms with Crippen LogP contribution >= 0.6 is 0 Å². The second-order valence-electron chi connectivity index (χ2n) is 8.10. The van der Waals surface area contributed by atoms with Crippen LogP contribution in [0.5, 0.6) is 0 Å². The Hall–Kier alpha value is -2.04. The first-order valence-corrected chi connectivity index (χ1v) is 9.02. The number of anilines is 1. The normalized spacial score (nSPS) is 15.8. The smallest absolute Gasteiger partial charge is 0.227 e. The van der Waals surface area contributed by atoms with Gasteiger partial charge in [-0.3, -0.25) is 9.59 Å². The second-order valence-corrected chi connectivity index (χ2v) is 8.10. The van der Waals surface area contributed by atoms with Crippen molar-refractivity contribution >= 4 is 17.5 Å². The summed E-state index contributed by atoms with van der Waals surface area (Å²) in [4.78, 5) is 28.6. The number of likely N-dealkylation sites (tertiary alicyclic amines) is 1. The van der Waals surface area contributed by atoms with Crippen LogP contribution in [-0.4, -0.2) is 43.9 Å². The van der Waals surface area contributed by atoms with Gasteiger partial charge < -0.3 is 15.1 Å². The molecular weight excluding hydrogens is 314 g/mol. The van der Waals surface area contributed by atoms with Crippen LogP contribution in [0.25, 0.3) is 0 Å². The first-order chi connectivity index (χ1) is 11.7. The molecule has 0 radical (unpaired) electrons. The lowest BCUT2D eigenvalue weighted by Gasteiger charge is -2.35. The molecule has 1 aliphatic rings. The fourth-order valence-electron chi connectivity index (χ4n) is 3.06. The van der Waals surface area contributed by atoms with E-state index in [4.69, 9.17) is 0 Å². The third-order valence-corrected chi connectivity index (χ3v) is 4.71. The second kappa shape index (κ2) is 7.89. The van der Waals surface area contributed by atoms with Gasteiger partial charge >= 0.3 is 0 Å². The molecule has 2 rings (SSSR count). The molecule has 1 aromatic carbocycles. The molecule has 2 amide bonds. The molecule has 0 bridgehead atoms. The molecule has 1 N–H and O–H groups in total. The third kappa shape index (κ3) is 5.21. The summed E-state index contributed by atoms with van der Waals surface area (Å²) in [6, 6.07) is 8.19. The van der Waals surface area contributed by atoms with Crippen molar-refractivity contribution < 1.29 is 9.59 Å². The quantitative estimate of drug-likeness (QED) is 0.913. The minimum absolute atomic E-state index is 0.00469. The lowest BCUT2D eigenvalue weighted by molar-refractivity contribution is -0.142. The molecule has 0 aromatic heterocycles. The molecule has 1 heterocycles. The Morgan fingerprint density at radius 2 is 1.68 bits per heavy atom. The number of amides is 2. The van der Waals surface area contributed by atoms with Crippen molar-refractivity contribution in [2.24, 2.45) is 11.3 Å². The van der Waals surface area contributed by atoms with Crippen molar-refractivity contribution in [3.05, 3.63) is 29.8 Å². The van der Waals surface area contributed by atoms with Gasteiger partial charge in [-0.15, -0.1) is 0 Å². The van der Waals surface area contributed by atoms with Gasteiger partial charge in [0.2, 0.25) is 11.8 Å². The number of benzene rings is 1. The molecule has 1 aromatic rings. The molecule has 5 heteroatoms. The minimum Gasteiger partial charge on any atom is -0.378 e. The number of nitrogens with one attached hydrogen (secondary N) is 1. The molecular formula is C20H31N3O2. The van der Waals surface area contributed by atoms with Gasteiger partial charge in [0.1, 0.15) is 0 Å². The van der Waals surface area contributed by atoms with Crippen LogP contribution in [-0.2, 0) is 16.1 Å². The highest BCUT2D eigenvalue weighted by Crippen LogP contribution is 2.23. The van der Waals surface area contributed by atoms with Crippen LogP contribution < -0.4 is 10.2 Å². The average molecular weight is 345 g/mol. The number of hydrogen-bond donors (Lipinski definition) is 1. The lowest BCUT2D eigenvalue weighted by atomic mass is 9.90. The highest BCUT2D eigenvalue weighted by molar-refractivity contribution is 5.82. The Morgan fingerprint density at radius 1 is 1.12 bits per heavy atom. The van der Waals surface area contributed by atoms with E-state index in [0.29, 0.717) is 19.6 Å². The molecule has 0 aliphatic carbocycles. The summed E-state index contributed by atoms with van der Waals surface area (Å²) in [6.45, 7) is 7.71. The van der Waals surface area contributed by atoms with E-state index in [-0.39, 0.29) is 23.1 Å². The van der Waals surface area contributed by atoms with Gasteiger partial charge in [-0.05, 0) is 30.5 Å². The zero-order valence-corrected chi connectivity index (χ0v) is 16.1. The summed E-state index contributed by atoms with van der Waals surface area (Å²) < 4.78 is 0. The summed E-state index contributed by atoms with van der Waals surface area (Å²) >= 11 is 0. The van der Waals surface area contributed by atoms with Gasteiger partial charge in [0.15, 0.2) is 0 Å². The van der Waals surface area contributed by atoms with Crippen molar-refractivity contribution in [1.29, 1.82) is 0 Å². The molecule has 1 fully saturated rings. The standard InChI is InChI=1S/C20H31N3O2/c1-20(2,3)19(25)23-12-10-16(11-13-23)18(24)21-14-15-6-8-17(9-7-15)22(4)5/h6-9,16H,10-14H2,1-5H3,(H,21,24). The van der Waals surface area contributed by atoms with Gasteiger partial charge in [0.05, 0.1) is 0 Å². The lowest BCUT2D eigenvalue weighted by Crippen LogP contribution is -2.46. The number of carbonyl (C=O) groups excluding carboxylic acids is 2. The van der Waals surface area contributed by atoms with Crippen molar-refractivity contribution in [2.75, 3.05) is 32.1 Å². The third-order valence-electron chi connectivity index (χ3n) is 4.71. The number of piperidine rings is 1. The Kier molecular flexibility index (Phi) is 6.09. The van der Waals surface area contributed by atoms with Crippen molar-refractivity contribution in [3.63, 3.8) is 0 Å². The van der Waals surface area contributed by atoms with E-state index >= 15 is 0 Å². The fourth-order valence-corrected chi connectivity index (χ4v) is 3.06. The molecule has 0 atom stereocenters. The molecule has 138 valence electrons. The van der Waals surface area contributed by atoms with E-state index in [1.54, 1.807) is 0 Å². The van der Waals surface area contributed by atoms with Crippen molar-refractivity contribution in [1.82, 2.24) is 10.2 Å². The highest BCUT2D eigenvalue weighted by Gasteiger charge is 2.32. The van der Waals surface area contributed by atoms with Crippen LogP contribution in [0, 0.1) is 11.3 Å². The summed E-state index contributed by atoms with van der Waals surface area (Å²) in [5.41, 5.74) is 1.89. The summed E-state index contributed by atoms with van der Waals surface area (Å²) in [6.07, 6.45) is 1.49. The molecule has 0 spiro atoms. The first kappa shape index (κ1) is 19.3. The monoisotopic (exact) mass is 345 g/mol. The summed E-state index contributed by atoms with van der Waals surface area (Å²) in [7, 11) is 4.01. The van der Waals surface area contributed by atoms with Crippen LogP contribution in [0.3, 0.4) is 0 Å². The molecule has 0 unspecified atom stereocenters. The van der Waals surface area contributed by atoms with E-state index in [0.717, 1.165) is 24.1 Å². The van der Waals surface area contributed by atoms with Gasteiger partial charge in [-0.2, -0.15) is 0 Å². The molecule has 25 heavy (non-hydrogen) atoms. The Bertz CT molecular complexity index is 594. The Balaban J connectivity index is 1.80. The van der Waals surface area contributed by atoms with E-state index in [1.165, 1.54) is 0 Å². The number of hydrogen-bond acceptors (Lipinski definition) is 3. The fraction of sp³-hybridized carbons (Fsp3) is 0.600. The minimum atomic E-state index is -0.353. The van der Waals surface area contributed by atoms with Crippen LogP contribution in [0.2, 0.25) is 0 Å². The molecule has 1 aliphatic heterocycles. The maximum absolute atomic E-state index is 12.4. The van der Waals surface area contributed by atoms with Gasteiger partial charge in [-0.1, -0.05) is 32.9 Å². The maximum atomic E-state index is 12.4. The maximum Gasteiger partial charge on any atom is 0.227 e. The number of carbonyl (C=O) groups is 2. The van der Waals surface area contributed by atoms with Crippen molar-refractivity contribution in [3.8, 4) is 0 Å². The van der Waals surface area contributed by atoms with Crippen LogP contribution in [0.4, 0.5) is 5.69 Å². The predicted molar refractivity (Wildman–Crippen MR) is 101 cm³/mol. The van der Waals surface area contributed by atoms with E-state index in [2.05, 4.69) is 22.3 Å². The van der Waals surface area contributed by atoms with E-state index < -0.39 is 0 Å². The van der Waals surface area contributed by atoms with E-state index in [1.807, 2.05) is 51.9 Å².